The Morgan fingerprint density at radius 3 is 1.25 bits per heavy atom. The number of likely N-dealkylation sites (N-methyl/N-ethyl adjacent to an activating group) is 1. The second-order valence-corrected chi connectivity index (χ2v) is 24.3. The van der Waals surface area contributed by atoms with E-state index < -0.39 is 20.0 Å². The Bertz CT molecular complexity index is 1550. The first-order chi connectivity index (χ1) is 37.4. The maximum Gasteiger partial charge on any atom is 0.306 e. The average molecular weight is 1100 g/mol. The minimum Gasteiger partial charge on any atom is -0.756 e. The Hall–Kier alpha value is -2.55. The molecule has 10 heteroatoms. The predicted octanol–water partition coefficient (Wildman–Crippen LogP) is 19.4. The molecule has 1 N–H and O–H groups in total. The molecule has 0 saturated carbocycles. The van der Waals surface area contributed by atoms with Gasteiger partial charge >= 0.3 is 5.97 Å². The molecule has 0 radical (unpaired) electrons. The molecule has 0 aromatic heterocycles. The van der Waals surface area contributed by atoms with Gasteiger partial charge in [-0.15, -0.1) is 0 Å². The zero-order chi connectivity index (χ0) is 56.4. The number of hydrogen-bond donors (Lipinski definition) is 1. The summed E-state index contributed by atoms with van der Waals surface area (Å²) in [7, 11) is 1.19. The summed E-state index contributed by atoms with van der Waals surface area (Å²) in [5.41, 5.74) is 0. The zero-order valence-corrected chi connectivity index (χ0v) is 52.0. The highest BCUT2D eigenvalue weighted by atomic mass is 31.2. The van der Waals surface area contributed by atoms with E-state index in [1.54, 1.807) is 0 Å². The van der Waals surface area contributed by atoms with Gasteiger partial charge in [-0.1, -0.05) is 274 Å². The van der Waals surface area contributed by atoms with Gasteiger partial charge in [-0.25, -0.2) is 0 Å². The van der Waals surface area contributed by atoms with Gasteiger partial charge in [-0.05, 0) is 76.7 Å². The first-order valence-electron chi connectivity index (χ1n) is 32.2. The number of unbranched alkanes of at least 4 members (excludes halogenated alkanes) is 32. The lowest BCUT2D eigenvalue weighted by atomic mass is 10.0. The molecule has 0 aromatic carbocycles. The SMILES string of the molecule is CC/C=C\C/C=C\C/C=C\C/C=C\C/C=C\CCCCCCCCCCCCCC(=O)NC(COP(=O)([O-])OCC[N+](C)(C)C)C(/C=C/CCCCCCCCCCCCC)OC(=O)CCCCCCCCCCCCC. The van der Waals surface area contributed by atoms with Crippen LogP contribution in [0.2, 0.25) is 0 Å². The molecule has 0 bridgehead atoms. The van der Waals surface area contributed by atoms with Crippen LogP contribution in [0.25, 0.3) is 0 Å². The Balaban J connectivity index is 5.05. The van der Waals surface area contributed by atoms with Crippen LogP contribution in [0.1, 0.15) is 290 Å². The minimum absolute atomic E-state index is 0.0233. The van der Waals surface area contributed by atoms with E-state index in [4.69, 9.17) is 13.8 Å². The number of hydrogen-bond acceptors (Lipinski definition) is 7. The van der Waals surface area contributed by atoms with Crippen molar-refractivity contribution in [1.82, 2.24) is 5.32 Å². The molecule has 3 atom stereocenters. The number of carbonyl (C=O) groups is 2. The molecule has 9 nitrogen and oxygen atoms in total. The second-order valence-electron chi connectivity index (χ2n) is 22.9. The lowest BCUT2D eigenvalue weighted by Gasteiger charge is -2.30. The summed E-state index contributed by atoms with van der Waals surface area (Å²) >= 11 is 0. The normalized spacial score (nSPS) is 14.1. The van der Waals surface area contributed by atoms with E-state index in [0.29, 0.717) is 17.4 Å². The lowest BCUT2D eigenvalue weighted by molar-refractivity contribution is -0.870. The highest BCUT2D eigenvalue weighted by Gasteiger charge is 2.27. The fourth-order valence-electron chi connectivity index (χ4n) is 9.20. The van der Waals surface area contributed by atoms with Crippen LogP contribution in [0, 0.1) is 0 Å². The summed E-state index contributed by atoms with van der Waals surface area (Å²) in [6.45, 7) is 6.74. The Labute approximate surface area is 476 Å². The summed E-state index contributed by atoms with van der Waals surface area (Å²) in [6.07, 6.45) is 73.0. The molecule has 3 unspecified atom stereocenters. The van der Waals surface area contributed by atoms with Gasteiger partial charge in [0, 0.05) is 12.8 Å². The van der Waals surface area contributed by atoms with Crippen molar-refractivity contribution in [2.75, 3.05) is 40.9 Å². The van der Waals surface area contributed by atoms with Crippen molar-refractivity contribution in [2.24, 2.45) is 0 Å². The fourth-order valence-corrected chi connectivity index (χ4v) is 9.92. The first-order valence-corrected chi connectivity index (χ1v) is 33.7. The lowest BCUT2D eigenvalue weighted by Crippen LogP contribution is -2.47. The molecule has 448 valence electrons. The summed E-state index contributed by atoms with van der Waals surface area (Å²) < 4.78 is 30.3. The van der Waals surface area contributed by atoms with Crippen LogP contribution in [-0.2, 0) is 27.9 Å². The third kappa shape index (κ3) is 57.9. The van der Waals surface area contributed by atoms with E-state index in [1.165, 1.54) is 161 Å². The van der Waals surface area contributed by atoms with Gasteiger partial charge in [0.1, 0.15) is 19.3 Å². The molecular weight excluding hydrogens is 976 g/mol. The summed E-state index contributed by atoms with van der Waals surface area (Å²) in [4.78, 5) is 40.0. The molecule has 0 saturated heterocycles. The van der Waals surface area contributed by atoms with Crippen LogP contribution in [0.15, 0.2) is 72.9 Å². The maximum atomic E-state index is 13.5. The molecule has 77 heavy (non-hydrogen) atoms. The molecule has 0 aliphatic carbocycles. The highest BCUT2D eigenvalue weighted by Crippen LogP contribution is 2.38. The van der Waals surface area contributed by atoms with Crippen molar-refractivity contribution in [3.8, 4) is 0 Å². The van der Waals surface area contributed by atoms with Crippen molar-refractivity contribution in [1.29, 1.82) is 0 Å². The molecule has 0 spiro atoms. The fraction of sp³-hybridized carbons (Fsp3) is 0.791. The quantitative estimate of drug-likeness (QED) is 0.0212. The second kappa shape index (κ2) is 56.7. The van der Waals surface area contributed by atoms with Crippen LogP contribution in [0.5, 0.6) is 0 Å². The Morgan fingerprint density at radius 2 is 0.831 bits per heavy atom. The number of rotatable bonds is 58. The van der Waals surface area contributed by atoms with Crippen molar-refractivity contribution >= 4 is 19.7 Å². The van der Waals surface area contributed by atoms with Crippen molar-refractivity contribution in [3.05, 3.63) is 72.9 Å². The van der Waals surface area contributed by atoms with Gasteiger partial charge in [0.15, 0.2) is 0 Å². The standard InChI is InChI=1S/C67H123N2O7P/c1-7-10-13-16-19-22-25-27-28-29-30-31-32-33-34-35-36-37-38-39-40-42-45-47-50-53-56-59-66(70)68-64(63-75-77(72,73)74-62-61-69(4,5)6)65(58-55-52-49-46-44-41-26-23-20-17-14-11-8-2)76-67(71)60-57-54-51-48-43-24-21-18-15-12-9-3/h10,13,19,22,27-28,30-31,33-34,55,58,64-65H,7-9,11-12,14-18,20-21,23-26,29,32,35-54,56-57,59-63H2,1-6H3,(H-,68,70,72,73)/b13-10-,22-19-,28-27-,31-30-,34-33-,58-55+. The monoisotopic (exact) mass is 1100 g/mol. The highest BCUT2D eigenvalue weighted by molar-refractivity contribution is 7.45. The molecule has 0 aromatic rings. The largest absolute Gasteiger partial charge is 0.756 e. The molecule has 1 amide bonds. The van der Waals surface area contributed by atoms with Gasteiger partial charge in [-0.3, -0.25) is 14.2 Å². The number of phosphoric acid groups is 1. The van der Waals surface area contributed by atoms with Crippen molar-refractivity contribution < 1.29 is 37.3 Å². The van der Waals surface area contributed by atoms with Crippen LogP contribution < -0.4 is 10.2 Å². The molecule has 0 heterocycles. The van der Waals surface area contributed by atoms with E-state index in [9.17, 15) is 19.0 Å². The molecule has 0 aliphatic rings. The third-order valence-corrected chi connectivity index (χ3v) is 15.1. The predicted molar refractivity (Wildman–Crippen MR) is 330 cm³/mol. The van der Waals surface area contributed by atoms with Gasteiger partial charge < -0.3 is 28.5 Å². The van der Waals surface area contributed by atoms with Crippen molar-refractivity contribution in [3.63, 3.8) is 0 Å². The number of phosphoric ester groups is 1. The molecule has 0 fully saturated rings. The zero-order valence-electron chi connectivity index (χ0n) is 51.2. The number of amides is 1. The van der Waals surface area contributed by atoms with Gasteiger partial charge in [0.05, 0.1) is 33.8 Å². The number of ether oxygens (including phenoxy) is 1. The smallest absolute Gasteiger partial charge is 0.306 e. The van der Waals surface area contributed by atoms with E-state index in [0.717, 1.165) is 96.3 Å². The maximum absolute atomic E-state index is 13.5. The Kier molecular flexibility index (Phi) is 54.8. The number of quaternary nitrogens is 1. The topological polar surface area (TPSA) is 114 Å². The summed E-state index contributed by atoms with van der Waals surface area (Å²) in [6, 6.07) is -0.889. The van der Waals surface area contributed by atoms with E-state index in [-0.39, 0.29) is 31.5 Å². The third-order valence-electron chi connectivity index (χ3n) is 14.2. The van der Waals surface area contributed by atoms with Crippen LogP contribution in [-0.4, -0.2) is 69.4 Å². The van der Waals surface area contributed by atoms with E-state index >= 15 is 0 Å². The summed E-state index contributed by atoms with van der Waals surface area (Å²) in [5.74, 6) is -0.539. The van der Waals surface area contributed by atoms with Crippen LogP contribution >= 0.6 is 7.82 Å². The number of carbonyl (C=O) groups excluding carboxylic acids is 2. The van der Waals surface area contributed by atoms with Crippen LogP contribution in [0.4, 0.5) is 0 Å². The summed E-state index contributed by atoms with van der Waals surface area (Å²) in [5, 5.41) is 3.03. The minimum atomic E-state index is -4.70. The van der Waals surface area contributed by atoms with E-state index in [2.05, 4.69) is 86.8 Å². The number of nitrogens with zero attached hydrogens (tertiary/aromatic N) is 1. The molecular formula is C67H123N2O7P. The van der Waals surface area contributed by atoms with Crippen molar-refractivity contribution in [2.45, 2.75) is 303 Å². The van der Waals surface area contributed by atoms with E-state index in [1.807, 2.05) is 33.3 Å². The Morgan fingerprint density at radius 1 is 0.468 bits per heavy atom. The van der Waals surface area contributed by atoms with Gasteiger partial charge in [0.2, 0.25) is 5.91 Å². The number of allylic oxidation sites excluding steroid dienone is 11. The average Bonchev–Trinajstić information content (AvgIpc) is 3.39. The van der Waals surface area contributed by atoms with Crippen LogP contribution in [0.3, 0.4) is 0 Å². The van der Waals surface area contributed by atoms with Gasteiger partial charge in [-0.2, -0.15) is 0 Å². The molecule has 0 rings (SSSR count). The van der Waals surface area contributed by atoms with Gasteiger partial charge in [0.25, 0.3) is 7.82 Å². The number of esters is 1. The molecule has 0 aliphatic heterocycles. The first kappa shape index (κ1) is 74.5. The number of nitrogens with one attached hydrogen (secondary N) is 1.